The second-order valence-corrected chi connectivity index (χ2v) is 5.45. The highest BCUT2D eigenvalue weighted by Crippen LogP contribution is 2.21. The molecule has 0 radical (unpaired) electrons. The zero-order chi connectivity index (χ0) is 14.5. The lowest BCUT2D eigenvalue weighted by atomic mass is 10.2. The number of carbonyl (C=O) groups is 1. The maximum atomic E-state index is 11.3. The van der Waals surface area contributed by atoms with Crippen molar-refractivity contribution in [1.29, 1.82) is 0 Å². The molecule has 0 saturated heterocycles. The predicted octanol–water partition coefficient (Wildman–Crippen LogP) is 3.26. The van der Waals surface area contributed by atoms with Crippen LogP contribution in [0.1, 0.15) is 26.3 Å². The summed E-state index contributed by atoms with van der Waals surface area (Å²) in [5.74, 6) is 5.52. The van der Waals surface area contributed by atoms with E-state index in [1.54, 1.807) is 20.8 Å². The molecule has 4 nitrogen and oxygen atoms in total. The first kappa shape index (κ1) is 15.6. The number of nitrogens with zero attached hydrogens (tertiary/aromatic N) is 1. The number of carbonyl (C=O) groups excluding carboxylic acids is 1. The second kappa shape index (κ2) is 6.65. The summed E-state index contributed by atoms with van der Waals surface area (Å²) >= 11 is 11.8. The molecule has 102 valence electrons. The first-order chi connectivity index (χ1) is 8.79. The Hall–Kier alpha value is -1.44. The molecule has 0 aliphatic carbocycles. The van der Waals surface area contributed by atoms with Gasteiger partial charge in [0.25, 0.3) is 0 Å². The Labute approximate surface area is 122 Å². The van der Waals surface area contributed by atoms with E-state index in [2.05, 4.69) is 22.1 Å². The molecule has 0 aromatic carbocycles. The summed E-state index contributed by atoms with van der Waals surface area (Å²) in [4.78, 5) is 15.2. The molecule has 1 N–H and O–H groups in total. The minimum atomic E-state index is -0.533. The van der Waals surface area contributed by atoms with Gasteiger partial charge in [0.1, 0.15) is 5.60 Å². The quantitative estimate of drug-likeness (QED) is 0.810. The maximum absolute atomic E-state index is 11.3. The Balaban J connectivity index is 2.55. The molecule has 0 saturated carbocycles. The molecule has 1 aromatic rings. The van der Waals surface area contributed by atoms with Crippen molar-refractivity contribution in [2.75, 3.05) is 6.54 Å². The van der Waals surface area contributed by atoms with E-state index in [-0.39, 0.29) is 6.54 Å². The Morgan fingerprint density at radius 1 is 1.37 bits per heavy atom. The fourth-order valence-electron chi connectivity index (χ4n) is 1.09. The zero-order valence-electron chi connectivity index (χ0n) is 10.9. The Kier molecular flexibility index (Phi) is 5.46. The van der Waals surface area contributed by atoms with Crippen molar-refractivity contribution in [3.63, 3.8) is 0 Å². The van der Waals surface area contributed by atoms with Gasteiger partial charge in [0.05, 0.1) is 22.2 Å². The van der Waals surface area contributed by atoms with E-state index in [0.717, 1.165) is 0 Å². The van der Waals surface area contributed by atoms with Gasteiger partial charge in [-0.15, -0.1) is 0 Å². The topological polar surface area (TPSA) is 51.2 Å². The monoisotopic (exact) mass is 300 g/mol. The highest BCUT2D eigenvalue weighted by molar-refractivity contribution is 6.36. The van der Waals surface area contributed by atoms with Crippen LogP contribution >= 0.6 is 23.2 Å². The van der Waals surface area contributed by atoms with E-state index in [9.17, 15) is 4.79 Å². The molecule has 1 rings (SSSR count). The molecule has 0 aliphatic heterocycles. The average molecular weight is 301 g/mol. The van der Waals surface area contributed by atoms with E-state index in [4.69, 9.17) is 27.9 Å². The number of halogens is 2. The van der Waals surface area contributed by atoms with Crippen molar-refractivity contribution in [2.24, 2.45) is 0 Å². The van der Waals surface area contributed by atoms with Crippen molar-refractivity contribution in [3.05, 3.63) is 28.0 Å². The Bertz CT molecular complexity index is 507. The molecule has 6 heteroatoms. The molecule has 0 bridgehead atoms. The molecular formula is C13H14Cl2N2O2. The number of pyridine rings is 1. The predicted molar refractivity (Wildman–Crippen MR) is 75.4 cm³/mol. The van der Waals surface area contributed by atoms with Gasteiger partial charge < -0.3 is 10.1 Å². The number of aromatic nitrogens is 1. The number of hydrogen-bond donors (Lipinski definition) is 1. The number of amides is 1. The third-order valence-corrected chi connectivity index (χ3v) is 2.36. The number of alkyl carbamates (subject to hydrolysis) is 1. The zero-order valence-corrected chi connectivity index (χ0v) is 12.4. The Morgan fingerprint density at radius 2 is 1.95 bits per heavy atom. The minimum Gasteiger partial charge on any atom is -0.444 e. The lowest BCUT2D eigenvalue weighted by Gasteiger charge is -2.19. The molecule has 0 spiro atoms. The molecule has 1 heterocycles. The second-order valence-electron chi connectivity index (χ2n) is 4.64. The summed E-state index contributed by atoms with van der Waals surface area (Å²) in [7, 11) is 0. The van der Waals surface area contributed by atoms with Gasteiger partial charge in [0.15, 0.2) is 0 Å². The average Bonchev–Trinajstić information content (AvgIpc) is 2.25. The van der Waals surface area contributed by atoms with Gasteiger partial charge in [0, 0.05) is 12.4 Å². The van der Waals surface area contributed by atoms with E-state index in [0.29, 0.717) is 15.6 Å². The molecule has 1 amide bonds. The number of hydrogen-bond acceptors (Lipinski definition) is 3. The molecule has 0 fully saturated rings. The van der Waals surface area contributed by atoms with Gasteiger partial charge in [-0.3, -0.25) is 4.98 Å². The van der Waals surface area contributed by atoms with Gasteiger partial charge in [-0.05, 0) is 20.8 Å². The summed E-state index contributed by atoms with van der Waals surface area (Å²) in [6.07, 6.45) is 2.39. The SMILES string of the molecule is CC(C)(C)OC(=O)NCC#Cc1c(Cl)cncc1Cl. The smallest absolute Gasteiger partial charge is 0.408 e. The van der Waals surface area contributed by atoms with Crippen LogP contribution in [0.25, 0.3) is 0 Å². The largest absolute Gasteiger partial charge is 0.444 e. The lowest BCUT2D eigenvalue weighted by molar-refractivity contribution is 0.0535. The fourth-order valence-corrected chi connectivity index (χ4v) is 1.55. The van der Waals surface area contributed by atoms with E-state index >= 15 is 0 Å². The molecule has 19 heavy (non-hydrogen) atoms. The number of nitrogens with one attached hydrogen (secondary N) is 1. The van der Waals surface area contributed by atoms with Crippen LogP contribution in [-0.4, -0.2) is 23.2 Å². The molecule has 0 atom stereocenters. The van der Waals surface area contributed by atoms with E-state index < -0.39 is 11.7 Å². The van der Waals surface area contributed by atoms with Gasteiger partial charge in [0.2, 0.25) is 0 Å². The number of ether oxygens (including phenoxy) is 1. The lowest BCUT2D eigenvalue weighted by Crippen LogP contribution is -2.32. The molecule has 0 unspecified atom stereocenters. The van der Waals surface area contributed by atoms with Gasteiger partial charge in [-0.2, -0.15) is 0 Å². The number of rotatable bonds is 1. The van der Waals surface area contributed by atoms with Crippen LogP contribution in [0.4, 0.5) is 4.79 Å². The van der Waals surface area contributed by atoms with Gasteiger partial charge in [-0.1, -0.05) is 35.0 Å². The first-order valence-electron chi connectivity index (χ1n) is 5.54. The van der Waals surface area contributed by atoms with E-state index in [1.807, 2.05) is 0 Å². The summed E-state index contributed by atoms with van der Waals surface area (Å²) in [5, 5.41) is 3.26. The first-order valence-corrected chi connectivity index (χ1v) is 6.30. The highest BCUT2D eigenvalue weighted by atomic mass is 35.5. The van der Waals surface area contributed by atoms with Crippen molar-refractivity contribution in [2.45, 2.75) is 26.4 Å². The normalized spacial score (nSPS) is 10.4. The van der Waals surface area contributed by atoms with Crippen molar-refractivity contribution in [1.82, 2.24) is 10.3 Å². The molecule has 1 aromatic heterocycles. The molecule has 0 aliphatic rings. The van der Waals surface area contributed by atoms with Gasteiger partial charge >= 0.3 is 6.09 Å². The van der Waals surface area contributed by atoms with Crippen LogP contribution in [0.5, 0.6) is 0 Å². The Morgan fingerprint density at radius 3 is 2.47 bits per heavy atom. The van der Waals surface area contributed by atoms with Crippen LogP contribution in [0.2, 0.25) is 10.0 Å². The van der Waals surface area contributed by atoms with Crippen LogP contribution in [-0.2, 0) is 4.74 Å². The molecular weight excluding hydrogens is 287 g/mol. The maximum Gasteiger partial charge on any atom is 0.408 e. The summed E-state index contributed by atoms with van der Waals surface area (Å²) in [6, 6.07) is 0. The van der Waals surface area contributed by atoms with Gasteiger partial charge in [-0.25, -0.2) is 4.79 Å². The standard InChI is InChI=1S/C13H14Cl2N2O2/c1-13(2,3)19-12(18)17-6-4-5-9-10(14)7-16-8-11(9)15/h7-8H,6H2,1-3H3,(H,17,18). The van der Waals surface area contributed by atoms with Crippen LogP contribution < -0.4 is 5.32 Å². The van der Waals surface area contributed by atoms with Crippen molar-refractivity contribution < 1.29 is 9.53 Å². The summed E-state index contributed by atoms with van der Waals surface area (Å²) in [5.41, 5.74) is -0.0424. The van der Waals surface area contributed by atoms with Crippen LogP contribution in [0.3, 0.4) is 0 Å². The summed E-state index contributed by atoms with van der Waals surface area (Å²) in [6.45, 7) is 5.50. The minimum absolute atomic E-state index is 0.143. The van der Waals surface area contributed by atoms with Crippen molar-refractivity contribution in [3.8, 4) is 11.8 Å². The van der Waals surface area contributed by atoms with Crippen LogP contribution in [0.15, 0.2) is 12.4 Å². The third kappa shape index (κ3) is 5.82. The third-order valence-electron chi connectivity index (χ3n) is 1.79. The highest BCUT2D eigenvalue weighted by Gasteiger charge is 2.15. The van der Waals surface area contributed by atoms with Crippen LogP contribution in [0, 0.1) is 11.8 Å². The van der Waals surface area contributed by atoms with Crippen molar-refractivity contribution >= 4 is 29.3 Å². The summed E-state index contributed by atoms with van der Waals surface area (Å²) < 4.78 is 5.06. The van der Waals surface area contributed by atoms with E-state index in [1.165, 1.54) is 12.4 Å². The fraction of sp³-hybridized carbons (Fsp3) is 0.385.